The Kier molecular flexibility index (Phi) is 39.0. The standard InChI is InChI=1S/2C18H33P.C14H14BrN.C9H11.C5H3Br2N.BrH.2ClH.Mg.Ni/c2*1-4-10-16(11-5-1)19(17-12-6-2-7-13-17)18-14-8-3-9-15-18;1-9-7-10(2)14(11(3)8-9)12-5-4-6-13(15)16-12;1-7-4-8(2)6-9(3)5-7;6-4-2-1-3-5(7)8-4;;;;;/h2*16-18H,1-15H2;4-8H,1-3H3;4-5H,1-3H3;1-3H;3*1H;;/q;;;-1;;;;;2*+2/p-3. The summed E-state index contributed by atoms with van der Waals surface area (Å²) >= 11 is 10.4. The summed E-state index contributed by atoms with van der Waals surface area (Å²) in [7, 11) is 10.2. The summed E-state index contributed by atoms with van der Waals surface area (Å²) in [5.74, 6) is 0. The fourth-order valence-electron chi connectivity index (χ4n) is 13.7. The molecule has 0 saturated heterocycles. The molecule has 424 valence electrons. The van der Waals surface area contributed by atoms with Gasteiger partial charge in [-0.3, -0.25) is 0 Å². The normalized spacial score (nSPS) is 19.1. The van der Waals surface area contributed by atoms with Crippen molar-refractivity contribution in [3.63, 3.8) is 0 Å². The third-order valence-corrected chi connectivity index (χ3v) is 26.1. The summed E-state index contributed by atoms with van der Waals surface area (Å²) < 4.78 is 2.59. The van der Waals surface area contributed by atoms with Gasteiger partial charge in [0.2, 0.25) is 0 Å². The smallest absolute Gasteiger partial charge is 2.00 e. The van der Waals surface area contributed by atoms with E-state index in [0.717, 1.165) is 19.5 Å². The van der Waals surface area contributed by atoms with Gasteiger partial charge in [0.05, 0.1) is 5.69 Å². The molecular weight excluding hydrogens is 1330 g/mol. The first-order chi connectivity index (χ1) is 35.9. The minimum Gasteiger partial charge on any atom is 2.00 e. The Labute approximate surface area is 534 Å². The van der Waals surface area contributed by atoms with Crippen molar-refractivity contribution in [2.24, 2.45) is 0 Å². The number of aromatic nitrogens is 2. The first kappa shape index (κ1) is 71.6. The quantitative estimate of drug-likeness (QED) is 0.0798. The monoisotopic (exact) mass is 1420 g/mol. The van der Waals surface area contributed by atoms with Gasteiger partial charge in [0.15, 0.2) is 0 Å². The molecule has 4 aromatic rings. The number of pyridine rings is 2. The van der Waals surface area contributed by atoms with Crippen molar-refractivity contribution in [2.45, 2.75) is 268 Å². The fraction of sp³-hybridized carbons (Fsp3) is 0.656. The number of hydrogen-bond acceptors (Lipinski definition) is 2. The molecule has 2 heterocycles. The molecule has 2 nitrogen and oxygen atoms in total. The van der Waals surface area contributed by atoms with Crippen LogP contribution >= 0.6 is 84.0 Å². The second-order valence-corrected chi connectivity index (χ2v) is 32.9. The van der Waals surface area contributed by atoms with Crippen LogP contribution in [0.5, 0.6) is 0 Å². The zero-order valence-electron chi connectivity index (χ0n) is 47.5. The van der Waals surface area contributed by atoms with Gasteiger partial charge in [-0.25, -0.2) is 9.97 Å². The number of rotatable bonds is 7. The van der Waals surface area contributed by atoms with Gasteiger partial charge < -0.3 is 17.0 Å². The summed E-state index contributed by atoms with van der Waals surface area (Å²) in [6.45, 7) is 12.6. The van der Waals surface area contributed by atoms with Crippen molar-refractivity contribution in [3.8, 4) is 11.3 Å². The second-order valence-electron chi connectivity index (χ2n) is 22.6. The number of hydrogen-bond donors (Lipinski definition) is 0. The molecule has 0 bridgehead atoms. The summed E-state index contributed by atoms with van der Waals surface area (Å²) in [6.07, 6.45) is 47.2. The van der Waals surface area contributed by atoms with Crippen LogP contribution in [-0.2, 0) is 12.7 Å². The topological polar surface area (TPSA) is 25.8 Å². The molecule has 0 radical (unpaired) electrons. The van der Waals surface area contributed by atoms with E-state index in [9.17, 15) is 0 Å². The first-order valence-corrected chi connectivity index (χ1v) is 37.4. The Morgan fingerprint density at radius 3 is 0.908 bits per heavy atom. The maximum Gasteiger partial charge on any atom is 2.00 e. The van der Waals surface area contributed by atoms with Crippen molar-refractivity contribution >= 4 is 107 Å². The van der Waals surface area contributed by atoms with Gasteiger partial charge in [0, 0.05) is 5.56 Å². The molecule has 0 N–H and O–H groups in total. The molecule has 76 heavy (non-hydrogen) atoms. The molecule has 0 unspecified atom stereocenters. The Hall–Kier alpha value is 1.36. The number of halogens is 6. The molecule has 0 aliphatic heterocycles. The third kappa shape index (κ3) is 26.5. The average molecular weight is 1430 g/mol. The molecule has 6 aliphatic carbocycles. The van der Waals surface area contributed by atoms with E-state index in [-0.39, 0.29) is 40.0 Å². The molecule has 12 heteroatoms. The minimum atomic E-state index is 0. The molecule has 6 saturated carbocycles. The Balaban J connectivity index is 0.000000253. The van der Waals surface area contributed by atoms with E-state index in [4.69, 9.17) is 20.4 Å². The predicted octanol–water partition coefficient (Wildman–Crippen LogP) is 20.4. The van der Waals surface area contributed by atoms with Crippen molar-refractivity contribution in [1.29, 1.82) is 0 Å². The molecule has 6 fully saturated rings. The van der Waals surface area contributed by atoms with Crippen LogP contribution in [0.2, 0.25) is 0 Å². The van der Waals surface area contributed by atoms with E-state index in [1.807, 2.05) is 30.3 Å². The maximum atomic E-state index is 4.70. The van der Waals surface area contributed by atoms with Gasteiger partial charge in [0.25, 0.3) is 0 Å². The molecular formula is C64H94Br4Cl2MgN2NiP2. The Morgan fingerprint density at radius 2 is 0.671 bits per heavy atom. The summed E-state index contributed by atoms with van der Waals surface area (Å²) in [4.78, 5) is 8.52. The summed E-state index contributed by atoms with van der Waals surface area (Å²) in [5, 5.41) is 0. The number of benzene rings is 2. The van der Waals surface area contributed by atoms with Crippen LogP contribution in [0.1, 0.15) is 226 Å². The largest absolute Gasteiger partial charge is 2.00 e. The summed E-state index contributed by atoms with van der Waals surface area (Å²) in [5.41, 5.74) is 17.1. The molecule has 0 spiro atoms. The maximum absolute atomic E-state index is 4.70. The number of nitrogens with zero attached hydrogens (tertiary/aromatic N) is 2. The van der Waals surface area contributed by atoms with Gasteiger partial charge in [-0.15, -0.1) is 0 Å². The van der Waals surface area contributed by atoms with Crippen molar-refractivity contribution in [3.05, 3.63) is 114 Å². The minimum absolute atomic E-state index is 0. The second kappa shape index (κ2) is 41.4. The van der Waals surface area contributed by atoms with Crippen LogP contribution in [0, 0.1) is 47.6 Å². The fourth-order valence-corrected chi connectivity index (χ4v) is 24.3. The van der Waals surface area contributed by atoms with Gasteiger partial charge >= 0.3 is 56.1 Å². The van der Waals surface area contributed by atoms with Crippen LogP contribution in [0.25, 0.3) is 11.3 Å². The number of aryl methyl sites for hydroxylation is 6. The van der Waals surface area contributed by atoms with E-state index in [0.29, 0.717) is 28.5 Å². The van der Waals surface area contributed by atoms with Gasteiger partial charge in [-0.05, 0) is 215 Å². The van der Waals surface area contributed by atoms with E-state index < -0.39 is 0 Å². The van der Waals surface area contributed by atoms with Gasteiger partial charge in [-0.1, -0.05) is 182 Å². The van der Waals surface area contributed by atoms with E-state index >= 15 is 0 Å². The Morgan fingerprint density at radius 1 is 0.421 bits per heavy atom. The zero-order valence-corrected chi connectivity index (χ0v) is 59.6. The first-order valence-electron chi connectivity index (χ1n) is 29.2. The Bertz CT molecular complexity index is 1930. The third-order valence-electron chi connectivity index (χ3n) is 16.6. The van der Waals surface area contributed by atoms with Gasteiger partial charge in [0.1, 0.15) is 13.8 Å². The van der Waals surface area contributed by atoms with Crippen molar-refractivity contribution < 1.29 is 29.6 Å². The molecule has 10 rings (SSSR count). The van der Waals surface area contributed by atoms with Crippen LogP contribution in [0.3, 0.4) is 0 Å². The molecule has 0 atom stereocenters. The van der Waals surface area contributed by atoms with Gasteiger partial charge in [-0.2, -0.15) is 34.9 Å². The van der Waals surface area contributed by atoms with Crippen molar-refractivity contribution in [2.75, 3.05) is 0 Å². The zero-order chi connectivity index (χ0) is 53.1. The average Bonchev–Trinajstić information content (AvgIpc) is 3.39. The van der Waals surface area contributed by atoms with E-state index in [1.165, 1.54) is 111 Å². The predicted molar refractivity (Wildman–Crippen MR) is 343 cm³/mol. The summed E-state index contributed by atoms with van der Waals surface area (Å²) in [6, 6.07) is 23.6. The molecule has 0 amide bonds. The molecule has 2 aromatic carbocycles. The molecule has 6 aliphatic rings. The van der Waals surface area contributed by atoms with Crippen LogP contribution < -0.4 is 17.0 Å². The SMILES string of the molecule is Brc1cccc(Br)n1.C1CCC(P(C2CCCCC2)C2CCCCC2)CC1.C1CCC(P(C2CCCCC2)C2CCCCC2)CC1.Cc1[c-]c(C)cc(C)c1.Cc1cc(C)c(-c2cccc(Br)n2)c(C)c1.[Br-].[Cl][Ni][Cl].[Mg+2]. The van der Waals surface area contributed by atoms with Crippen LogP contribution in [0.4, 0.5) is 0 Å². The van der Waals surface area contributed by atoms with E-state index in [2.05, 4.69) is 136 Å². The van der Waals surface area contributed by atoms with Crippen LogP contribution in [-0.4, -0.2) is 67.0 Å². The van der Waals surface area contributed by atoms with Crippen molar-refractivity contribution in [1.82, 2.24) is 9.97 Å². The molecule has 2 aromatic heterocycles. The van der Waals surface area contributed by atoms with E-state index in [1.54, 1.807) is 154 Å². The van der Waals surface area contributed by atoms with Crippen LogP contribution in [0.15, 0.2) is 74.5 Å².